The second kappa shape index (κ2) is 4.48. The third kappa shape index (κ3) is 2.14. The van der Waals surface area contributed by atoms with E-state index in [0.717, 1.165) is 40.0 Å². The van der Waals surface area contributed by atoms with E-state index < -0.39 is 0 Å². The highest BCUT2D eigenvalue weighted by molar-refractivity contribution is 9.10. The Morgan fingerprint density at radius 2 is 2.29 bits per heavy atom. The van der Waals surface area contributed by atoms with Crippen molar-refractivity contribution in [1.29, 1.82) is 0 Å². The minimum atomic E-state index is -0.385. The predicted octanol–water partition coefficient (Wildman–Crippen LogP) is 3.34. The standard InChI is InChI=1S/C12H11BrN2OS/c13-8-4-7(5-14-6-8)12-15-11-9(16)2-1-3-10(11)17-12/h4-6,9,16H,1-3H2. The summed E-state index contributed by atoms with van der Waals surface area (Å²) >= 11 is 5.08. The van der Waals surface area contributed by atoms with Gasteiger partial charge in [0.25, 0.3) is 0 Å². The van der Waals surface area contributed by atoms with Gasteiger partial charge in [-0.15, -0.1) is 11.3 Å². The van der Waals surface area contributed by atoms with Crippen molar-refractivity contribution in [2.75, 3.05) is 0 Å². The normalized spacial score (nSPS) is 19.1. The molecule has 0 saturated heterocycles. The summed E-state index contributed by atoms with van der Waals surface area (Å²) in [5.74, 6) is 0. The van der Waals surface area contributed by atoms with Crippen LogP contribution in [0.25, 0.3) is 10.6 Å². The van der Waals surface area contributed by atoms with E-state index >= 15 is 0 Å². The van der Waals surface area contributed by atoms with Crippen molar-refractivity contribution in [3.05, 3.63) is 33.5 Å². The summed E-state index contributed by atoms with van der Waals surface area (Å²) in [4.78, 5) is 9.91. The Morgan fingerprint density at radius 3 is 3.06 bits per heavy atom. The van der Waals surface area contributed by atoms with Crippen LogP contribution in [0.4, 0.5) is 0 Å². The number of halogens is 1. The molecular formula is C12H11BrN2OS. The Morgan fingerprint density at radius 1 is 1.41 bits per heavy atom. The van der Waals surface area contributed by atoms with Gasteiger partial charge in [-0.1, -0.05) is 0 Å². The van der Waals surface area contributed by atoms with Crippen molar-refractivity contribution < 1.29 is 5.11 Å². The molecule has 0 fully saturated rings. The zero-order valence-electron chi connectivity index (χ0n) is 9.06. The van der Waals surface area contributed by atoms with Gasteiger partial charge in [0.2, 0.25) is 0 Å². The Bertz CT molecular complexity index is 555. The summed E-state index contributed by atoms with van der Waals surface area (Å²) in [5, 5.41) is 10.8. The van der Waals surface area contributed by atoms with Crippen LogP contribution >= 0.6 is 27.3 Å². The Labute approximate surface area is 112 Å². The number of nitrogens with zero attached hydrogens (tertiary/aromatic N) is 2. The van der Waals surface area contributed by atoms with Crippen molar-refractivity contribution in [3.8, 4) is 10.6 Å². The fourth-order valence-electron chi connectivity index (χ4n) is 2.05. The van der Waals surface area contributed by atoms with E-state index in [1.807, 2.05) is 6.07 Å². The van der Waals surface area contributed by atoms with Gasteiger partial charge in [0.1, 0.15) is 5.01 Å². The van der Waals surface area contributed by atoms with Crippen molar-refractivity contribution in [1.82, 2.24) is 9.97 Å². The molecule has 5 heteroatoms. The van der Waals surface area contributed by atoms with E-state index in [1.165, 1.54) is 4.88 Å². The average Bonchev–Trinajstić information content (AvgIpc) is 2.74. The molecule has 0 saturated carbocycles. The smallest absolute Gasteiger partial charge is 0.125 e. The number of aliphatic hydroxyl groups is 1. The van der Waals surface area contributed by atoms with Crippen LogP contribution in [0.5, 0.6) is 0 Å². The largest absolute Gasteiger partial charge is 0.387 e. The van der Waals surface area contributed by atoms with Crippen molar-refractivity contribution in [2.24, 2.45) is 0 Å². The molecule has 1 aliphatic carbocycles. The maximum absolute atomic E-state index is 9.90. The van der Waals surface area contributed by atoms with Gasteiger partial charge < -0.3 is 5.11 Å². The molecule has 2 aromatic heterocycles. The van der Waals surface area contributed by atoms with Crippen LogP contribution in [0.2, 0.25) is 0 Å². The lowest BCUT2D eigenvalue weighted by molar-refractivity contribution is 0.153. The second-order valence-corrected chi connectivity index (χ2v) is 6.13. The van der Waals surface area contributed by atoms with E-state index in [0.29, 0.717) is 0 Å². The summed E-state index contributed by atoms with van der Waals surface area (Å²) in [6.45, 7) is 0. The predicted molar refractivity (Wildman–Crippen MR) is 70.9 cm³/mol. The molecule has 1 N–H and O–H groups in total. The monoisotopic (exact) mass is 310 g/mol. The first kappa shape index (κ1) is 11.3. The lowest BCUT2D eigenvalue weighted by Gasteiger charge is -2.14. The minimum Gasteiger partial charge on any atom is -0.387 e. The van der Waals surface area contributed by atoms with Crippen LogP contribution in [0.1, 0.15) is 29.5 Å². The molecule has 17 heavy (non-hydrogen) atoms. The molecule has 1 atom stereocenters. The lowest BCUT2D eigenvalue weighted by Crippen LogP contribution is -2.07. The zero-order valence-corrected chi connectivity index (χ0v) is 11.5. The minimum absolute atomic E-state index is 0.385. The summed E-state index contributed by atoms with van der Waals surface area (Å²) in [7, 11) is 0. The van der Waals surface area contributed by atoms with Gasteiger partial charge in [0.15, 0.2) is 0 Å². The third-order valence-corrected chi connectivity index (χ3v) is 4.49. The fourth-order valence-corrected chi connectivity index (χ4v) is 3.55. The Hall–Kier alpha value is -0.780. The van der Waals surface area contributed by atoms with Gasteiger partial charge in [0, 0.05) is 27.3 Å². The molecule has 0 aromatic carbocycles. The van der Waals surface area contributed by atoms with Crippen LogP contribution in [-0.2, 0) is 6.42 Å². The molecule has 2 heterocycles. The third-order valence-electron chi connectivity index (χ3n) is 2.88. The van der Waals surface area contributed by atoms with E-state index in [2.05, 4.69) is 25.9 Å². The summed E-state index contributed by atoms with van der Waals surface area (Å²) in [6, 6.07) is 2.00. The van der Waals surface area contributed by atoms with Gasteiger partial charge in [-0.05, 0) is 41.3 Å². The maximum atomic E-state index is 9.90. The number of rotatable bonds is 1. The number of hydrogen-bond donors (Lipinski definition) is 1. The van der Waals surface area contributed by atoms with Crippen molar-refractivity contribution in [2.45, 2.75) is 25.4 Å². The van der Waals surface area contributed by atoms with Gasteiger partial charge in [0.05, 0.1) is 11.8 Å². The molecule has 0 radical (unpaired) electrons. The molecule has 1 unspecified atom stereocenters. The molecule has 0 amide bonds. The number of pyridine rings is 1. The van der Waals surface area contributed by atoms with Crippen LogP contribution in [0.15, 0.2) is 22.9 Å². The number of aromatic nitrogens is 2. The first-order valence-electron chi connectivity index (χ1n) is 5.52. The van der Waals surface area contributed by atoms with Crippen LogP contribution < -0.4 is 0 Å². The van der Waals surface area contributed by atoms with Crippen LogP contribution in [0.3, 0.4) is 0 Å². The first-order chi connectivity index (χ1) is 8.24. The van der Waals surface area contributed by atoms with E-state index in [9.17, 15) is 5.11 Å². The maximum Gasteiger partial charge on any atom is 0.125 e. The molecule has 88 valence electrons. The van der Waals surface area contributed by atoms with Crippen molar-refractivity contribution in [3.63, 3.8) is 0 Å². The quantitative estimate of drug-likeness (QED) is 0.878. The molecular weight excluding hydrogens is 300 g/mol. The average molecular weight is 311 g/mol. The zero-order chi connectivity index (χ0) is 11.8. The molecule has 1 aliphatic rings. The number of fused-ring (bicyclic) bond motifs is 1. The number of aryl methyl sites for hydroxylation is 1. The van der Waals surface area contributed by atoms with E-state index in [1.54, 1.807) is 23.7 Å². The van der Waals surface area contributed by atoms with Gasteiger partial charge in [-0.2, -0.15) is 0 Å². The highest BCUT2D eigenvalue weighted by Gasteiger charge is 2.23. The van der Waals surface area contributed by atoms with E-state index in [-0.39, 0.29) is 6.10 Å². The molecule has 2 aromatic rings. The number of aliphatic hydroxyl groups excluding tert-OH is 1. The summed E-state index contributed by atoms with van der Waals surface area (Å²) in [6.07, 6.45) is 6.09. The SMILES string of the molecule is OC1CCCc2sc(-c3cncc(Br)c3)nc21. The fraction of sp³-hybridized carbons (Fsp3) is 0.333. The first-order valence-corrected chi connectivity index (χ1v) is 7.13. The van der Waals surface area contributed by atoms with Gasteiger partial charge in [-0.3, -0.25) is 4.98 Å². The van der Waals surface area contributed by atoms with Crippen LogP contribution in [-0.4, -0.2) is 15.1 Å². The van der Waals surface area contributed by atoms with Gasteiger partial charge >= 0.3 is 0 Å². The van der Waals surface area contributed by atoms with Gasteiger partial charge in [-0.25, -0.2) is 4.98 Å². The van der Waals surface area contributed by atoms with Crippen molar-refractivity contribution >= 4 is 27.3 Å². The second-order valence-electron chi connectivity index (χ2n) is 4.13. The topological polar surface area (TPSA) is 46.0 Å². The molecule has 0 bridgehead atoms. The molecule has 0 spiro atoms. The molecule has 3 rings (SSSR count). The molecule has 3 nitrogen and oxygen atoms in total. The van der Waals surface area contributed by atoms with E-state index in [4.69, 9.17) is 0 Å². The highest BCUT2D eigenvalue weighted by Crippen LogP contribution is 2.37. The number of thiazole rings is 1. The molecule has 0 aliphatic heterocycles. The highest BCUT2D eigenvalue weighted by atomic mass is 79.9. The Balaban J connectivity index is 2.05. The van der Waals surface area contributed by atoms with Crippen LogP contribution in [0, 0.1) is 0 Å². The summed E-state index contributed by atoms with van der Waals surface area (Å²) < 4.78 is 0.948. The lowest BCUT2D eigenvalue weighted by atomic mass is 10.0. The number of hydrogen-bond acceptors (Lipinski definition) is 4. The summed E-state index contributed by atoms with van der Waals surface area (Å²) in [5.41, 5.74) is 1.88. The Kier molecular flexibility index (Phi) is 2.98.